The summed E-state index contributed by atoms with van der Waals surface area (Å²) in [6.07, 6.45) is 0.770. The van der Waals surface area contributed by atoms with Crippen LogP contribution in [0.15, 0.2) is 59.7 Å². The van der Waals surface area contributed by atoms with E-state index in [-0.39, 0.29) is 11.6 Å². The second-order valence-corrected chi connectivity index (χ2v) is 4.86. The van der Waals surface area contributed by atoms with Crippen LogP contribution >= 0.6 is 0 Å². The number of benzene rings is 2. The van der Waals surface area contributed by atoms with Gasteiger partial charge < -0.3 is 5.32 Å². The zero-order valence-electron chi connectivity index (χ0n) is 12.9. The van der Waals surface area contributed by atoms with E-state index in [1.807, 2.05) is 30.3 Å². The number of nitriles is 2. The second-order valence-electron chi connectivity index (χ2n) is 4.86. The molecule has 6 nitrogen and oxygen atoms in total. The smallest absolute Gasteiger partial charge is 0.251 e. The van der Waals surface area contributed by atoms with E-state index in [9.17, 15) is 4.79 Å². The van der Waals surface area contributed by atoms with Crippen molar-refractivity contribution >= 4 is 17.3 Å². The van der Waals surface area contributed by atoms with Crippen LogP contribution in [0.3, 0.4) is 0 Å². The van der Waals surface area contributed by atoms with Crippen LogP contribution in [0.1, 0.15) is 15.9 Å². The lowest BCUT2D eigenvalue weighted by Gasteiger charge is -2.06. The Kier molecular flexibility index (Phi) is 6.08. The molecule has 1 amide bonds. The molecule has 118 valence electrons. The van der Waals surface area contributed by atoms with Crippen molar-refractivity contribution in [3.63, 3.8) is 0 Å². The molecular weight excluding hydrogens is 302 g/mol. The molecule has 0 aliphatic heterocycles. The third-order valence-corrected chi connectivity index (χ3v) is 3.20. The van der Waals surface area contributed by atoms with E-state index in [0.29, 0.717) is 17.8 Å². The van der Waals surface area contributed by atoms with Crippen molar-refractivity contribution in [2.75, 3.05) is 12.0 Å². The minimum Gasteiger partial charge on any atom is -0.352 e. The van der Waals surface area contributed by atoms with Gasteiger partial charge in [0.1, 0.15) is 12.1 Å². The largest absolute Gasteiger partial charge is 0.352 e. The first-order chi connectivity index (χ1) is 11.7. The first-order valence-electron chi connectivity index (χ1n) is 7.29. The standard InChI is InChI=1S/C18H15N5O/c19-12-17(13-20)23-22-16-8-6-15(7-9-16)18(24)21-11-10-14-4-2-1-3-5-14/h1-9,22H,10-11H2,(H,21,24). The molecule has 0 unspecified atom stereocenters. The fourth-order valence-electron chi connectivity index (χ4n) is 1.96. The van der Waals surface area contributed by atoms with E-state index in [4.69, 9.17) is 10.5 Å². The van der Waals surface area contributed by atoms with Crippen LogP contribution in [-0.4, -0.2) is 18.2 Å². The minimum absolute atomic E-state index is 0.157. The number of hydrogen-bond acceptors (Lipinski definition) is 5. The predicted molar refractivity (Wildman–Crippen MR) is 91.2 cm³/mol. The van der Waals surface area contributed by atoms with Gasteiger partial charge in [-0.05, 0) is 36.2 Å². The van der Waals surface area contributed by atoms with E-state index in [1.54, 1.807) is 36.4 Å². The van der Waals surface area contributed by atoms with Gasteiger partial charge >= 0.3 is 0 Å². The van der Waals surface area contributed by atoms with Crippen LogP contribution < -0.4 is 10.7 Å². The van der Waals surface area contributed by atoms with Gasteiger partial charge in [0.2, 0.25) is 5.71 Å². The molecule has 0 bridgehead atoms. The molecule has 0 fully saturated rings. The van der Waals surface area contributed by atoms with Crippen molar-refractivity contribution in [3.05, 3.63) is 65.7 Å². The van der Waals surface area contributed by atoms with E-state index in [2.05, 4.69) is 15.8 Å². The Hall–Kier alpha value is -3.64. The van der Waals surface area contributed by atoms with E-state index < -0.39 is 0 Å². The van der Waals surface area contributed by atoms with Crippen LogP contribution in [0.2, 0.25) is 0 Å². The molecule has 2 aromatic carbocycles. The first-order valence-corrected chi connectivity index (χ1v) is 7.29. The lowest BCUT2D eigenvalue weighted by Crippen LogP contribution is -2.25. The van der Waals surface area contributed by atoms with Crippen molar-refractivity contribution in [1.82, 2.24) is 5.32 Å². The van der Waals surface area contributed by atoms with E-state index >= 15 is 0 Å². The number of amides is 1. The van der Waals surface area contributed by atoms with Crippen molar-refractivity contribution in [3.8, 4) is 12.1 Å². The molecular formula is C18H15N5O. The summed E-state index contributed by atoms with van der Waals surface area (Å²) in [5, 5.41) is 23.7. The monoisotopic (exact) mass is 317 g/mol. The number of rotatable bonds is 6. The maximum atomic E-state index is 12.1. The summed E-state index contributed by atoms with van der Waals surface area (Å²) in [6.45, 7) is 0.556. The average Bonchev–Trinajstić information content (AvgIpc) is 2.64. The average molecular weight is 317 g/mol. The zero-order chi connectivity index (χ0) is 17.2. The molecule has 0 heterocycles. The Morgan fingerprint density at radius 3 is 2.29 bits per heavy atom. The molecule has 2 N–H and O–H groups in total. The maximum Gasteiger partial charge on any atom is 0.251 e. The number of hydrogen-bond donors (Lipinski definition) is 2. The summed E-state index contributed by atoms with van der Waals surface area (Å²) in [4.78, 5) is 12.1. The minimum atomic E-state index is -0.266. The fraction of sp³-hybridized carbons (Fsp3) is 0.111. The number of nitrogens with one attached hydrogen (secondary N) is 2. The summed E-state index contributed by atoms with van der Waals surface area (Å²) >= 11 is 0. The Morgan fingerprint density at radius 1 is 1.00 bits per heavy atom. The van der Waals surface area contributed by atoms with Gasteiger partial charge in [-0.1, -0.05) is 30.3 Å². The fourth-order valence-corrected chi connectivity index (χ4v) is 1.96. The van der Waals surface area contributed by atoms with Crippen molar-refractivity contribution in [2.24, 2.45) is 5.10 Å². The Balaban J connectivity index is 1.86. The van der Waals surface area contributed by atoms with E-state index in [1.165, 1.54) is 5.56 Å². The van der Waals surface area contributed by atoms with Crippen molar-refractivity contribution in [1.29, 1.82) is 10.5 Å². The van der Waals surface area contributed by atoms with Crippen LogP contribution in [0, 0.1) is 22.7 Å². The SMILES string of the molecule is N#CC(C#N)=NNc1ccc(C(=O)NCCc2ccccc2)cc1. The number of nitrogens with zero attached hydrogens (tertiary/aromatic N) is 3. The highest BCUT2D eigenvalue weighted by Crippen LogP contribution is 2.09. The molecule has 0 spiro atoms. The number of hydrazone groups is 1. The van der Waals surface area contributed by atoms with Crippen LogP contribution in [0.25, 0.3) is 0 Å². The summed E-state index contributed by atoms with van der Waals surface area (Å²) in [7, 11) is 0. The zero-order valence-corrected chi connectivity index (χ0v) is 12.9. The van der Waals surface area contributed by atoms with Gasteiger partial charge in [0.05, 0.1) is 5.69 Å². The molecule has 0 aromatic heterocycles. The van der Waals surface area contributed by atoms with Crippen LogP contribution in [0.5, 0.6) is 0 Å². The Labute approximate surface area is 140 Å². The lowest BCUT2D eigenvalue weighted by atomic mass is 10.1. The number of carbonyl (C=O) groups excluding carboxylic acids is 1. The van der Waals surface area contributed by atoms with Gasteiger partial charge in [0.15, 0.2) is 0 Å². The number of anilines is 1. The van der Waals surface area contributed by atoms with Crippen molar-refractivity contribution in [2.45, 2.75) is 6.42 Å². The van der Waals surface area contributed by atoms with E-state index in [0.717, 1.165) is 6.42 Å². The van der Waals surface area contributed by atoms with Crippen LogP contribution in [0.4, 0.5) is 5.69 Å². The Bertz CT molecular complexity index is 782. The number of carbonyl (C=O) groups is 1. The van der Waals surface area contributed by atoms with Gasteiger partial charge in [-0.15, -0.1) is 0 Å². The molecule has 6 heteroatoms. The molecule has 0 saturated heterocycles. The van der Waals surface area contributed by atoms with Crippen molar-refractivity contribution < 1.29 is 4.79 Å². The lowest BCUT2D eigenvalue weighted by molar-refractivity contribution is 0.0954. The van der Waals surface area contributed by atoms with Gasteiger partial charge in [-0.25, -0.2) is 0 Å². The van der Waals surface area contributed by atoms with Gasteiger partial charge in [-0.3, -0.25) is 10.2 Å². The normalized spacial score (nSPS) is 9.25. The van der Waals surface area contributed by atoms with Gasteiger partial charge in [0.25, 0.3) is 5.91 Å². The molecule has 2 aromatic rings. The highest BCUT2D eigenvalue weighted by Gasteiger charge is 2.05. The first kappa shape index (κ1) is 16.7. The van der Waals surface area contributed by atoms with Gasteiger partial charge in [0, 0.05) is 12.1 Å². The summed E-state index contributed by atoms with van der Waals surface area (Å²) < 4.78 is 0. The molecule has 24 heavy (non-hydrogen) atoms. The highest BCUT2D eigenvalue weighted by atomic mass is 16.1. The topological polar surface area (TPSA) is 101 Å². The van der Waals surface area contributed by atoms with Crippen LogP contribution in [-0.2, 0) is 6.42 Å². The molecule has 0 saturated carbocycles. The third-order valence-electron chi connectivity index (χ3n) is 3.20. The highest BCUT2D eigenvalue weighted by molar-refractivity contribution is 6.10. The summed E-state index contributed by atoms with van der Waals surface area (Å²) in [5.41, 5.74) is 4.60. The summed E-state index contributed by atoms with van der Waals surface area (Å²) in [6, 6.07) is 19.8. The predicted octanol–water partition coefficient (Wildman–Crippen LogP) is 2.47. The molecule has 2 rings (SSSR count). The molecule has 0 radical (unpaired) electrons. The molecule has 0 atom stereocenters. The second kappa shape index (κ2) is 8.72. The quantitative estimate of drug-likeness (QED) is 0.631. The molecule has 0 aliphatic rings. The maximum absolute atomic E-state index is 12.1. The third kappa shape index (κ3) is 4.97. The molecule has 0 aliphatic carbocycles. The summed E-state index contributed by atoms with van der Waals surface area (Å²) in [5.74, 6) is -0.157. The Morgan fingerprint density at radius 2 is 1.67 bits per heavy atom. The van der Waals surface area contributed by atoms with Gasteiger partial charge in [-0.2, -0.15) is 15.6 Å².